The summed E-state index contributed by atoms with van der Waals surface area (Å²) in [6.45, 7) is 0.788. The summed E-state index contributed by atoms with van der Waals surface area (Å²) in [6, 6.07) is 3.90. The second-order valence-corrected chi connectivity index (χ2v) is 4.75. The van der Waals surface area contributed by atoms with Crippen LogP contribution in [0.25, 0.3) is 0 Å². The van der Waals surface area contributed by atoms with Crippen molar-refractivity contribution in [2.24, 2.45) is 0 Å². The fourth-order valence-electron chi connectivity index (χ4n) is 1.97. The van der Waals surface area contributed by atoms with Crippen molar-refractivity contribution in [2.75, 3.05) is 11.9 Å². The van der Waals surface area contributed by atoms with E-state index in [9.17, 15) is 9.18 Å². The van der Waals surface area contributed by atoms with Gasteiger partial charge in [-0.2, -0.15) is 0 Å². The van der Waals surface area contributed by atoms with Crippen molar-refractivity contribution in [3.8, 4) is 0 Å². The standard InChI is InChI=1S/C13H15ClFNO2/c14-11-8-9(15)3-5-12(11)16-13(17)6-4-10-2-1-7-18-10/h3,5,8,10H,1-2,4,6-7H2,(H,16,17). The molecule has 0 radical (unpaired) electrons. The normalized spacial score (nSPS) is 18.9. The maximum Gasteiger partial charge on any atom is 0.224 e. The van der Waals surface area contributed by atoms with Crippen molar-refractivity contribution in [2.45, 2.75) is 31.8 Å². The summed E-state index contributed by atoms with van der Waals surface area (Å²) < 4.78 is 18.3. The number of hydrogen-bond acceptors (Lipinski definition) is 2. The predicted octanol–water partition coefficient (Wildman–Crippen LogP) is 3.38. The number of rotatable bonds is 4. The molecule has 1 amide bonds. The first-order valence-electron chi connectivity index (χ1n) is 6.01. The van der Waals surface area contributed by atoms with Gasteiger partial charge < -0.3 is 10.1 Å². The van der Waals surface area contributed by atoms with Crippen LogP contribution in [0, 0.1) is 5.82 Å². The number of benzene rings is 1. The zero-order chi connectivity index (χ0) is 13.0. The van der Waals surface area contributed by atoms with Crippen molar-refractivity contribution < 1.29 is 13.9 Å². The first-order chi connectivity index (χ1) is 8.65. The number of halogens is 2. The minimum atomic E-state index is -0.419. The monoisotopic (exact) mass is 271 g/mol. The number of nitrogens with one attached hydrogen (secondary N) is 1. The summed E-state index contributed by atoms with van der Waals surface area (Å²) in [5.41, 5.74) is 0.440. The quantitative estimate of drug-likeness (QED) is 0.912. The lowest BCUT2D eigenvalue weighted by molar-refractivity contribution is -0.116. The smallest absolute Gasteiger partial charge is 0.224 e. The van der Waals surface area contributed by atoms with Gasteiger partial charge in [0, 0.05) is 13.0 Å². The topological polar surface area (TPSA) is 38.3 Å². The van der Waals surface area contributed by atoms with E-state index in [1.54, 1.807) is 0 Å². The lowest BCUT2D eigenvalue weighted by Crippen LogP contribution is -2.15. The van der Waals surface area contributed by atoms with Crippen LogP contribution in [0.2, 0.25) is 5.02 Å². The lowest BCUT2D eigenvalue weighted by Gasteiger charge is -2.10. The van der Waals surface area contributed by atoms with Gasteiger partial charge in [-0.15, -0.1) is 0 Å². The van der Waals surface area contributed by atoms with Gasteiger partial charge in [0.05, 0.1) is 16.8 Å². The molecule has 1 unspecified atom stereocenters. The Bertz CT molecular complexity index is 433. The number of ether oxygens (including phenoxy) is 1. The zero-order valence-corrected chi connectivity index (χ0v) is 10.7. The average molecular weight is 272 g/mol. The highest BCUT2D eigenvalue weighted by Crippen LogP contribution is 2.23. The molecule has 0 aliphatic carbocycles. The maximum absolute atomic E-state index is 12.8. The van der Waals surface area contributed by atoms with E-state index in [0.717, 1.165) is 19.4 Å². The fourth-order valence-corrected chi connectivity index (χ4v) is 2.18. The summed E-state index contributed by atoms with van der Waals surface area (Å²) in [5.74, 6) is -0.545. The van der Waals surface area contributed by atoms with Gasteiger partial charge in [0.25, 0.3) is 0 Å². The Morgan fingerprint density at radius 2 is 2.39 bits per heavy atom. The molecular formula is C13H15ClFNO2. The molecule has 1 aromatic carbocycles. The van der Waals surface area contributed by atoms with Crippen LogP contribution in [0.1, 0.15) is 25.7 Å². The number of carbonyl (C=O) groups is 1. The molecule has 1 atom stereocenters. The van der Waals surface area contributed by atoms with E-state index in [1.807, 2.05) is 0 Å². The Labute approximate surface area is 110 Å². The molecule has 1 aromatic rings. The summed E-state index contributed by atoms with van der Waals surface area (Å²) in [5, 5.41) is 2.88. The van der Waals surface area contributed by atoms with E-state index >= 15 is 0 Å². The molecule has 1 fully saturated rings. The minimum absolute atomic E-state index is 0.126. The molecule has 1 aliphatic heterocycles. The van der Waals surface area contributed by atoms with Gasteiger partial charge in [-0.1, -0.05) is 11.6 Å². The number of hydrogen-bond donors (Lipinski definition) is 1. The van der Waals surface area contributed by atoms with Gasteiger partial charge in [0.1, 0.15) is 5.82 Å². The van der Waals surface area contributed by atoms with E-state index in [4.69, 9.17) is 16.3 Å². The second kappa shape index (κ2) is 6.16. The van der Waals surface area contributed by atoms with E-state index < -0.39 is 5.82 Å². The van der Waals surface area contributed by atoms with Crippen LogP contribution in [0.3, 0.4) is 0 Å². The first kappa shape index (κ1) is 13.3. The third kappa shape index (κ3) is 3.68. The van der Waals surface area contributed by atoms with Crippen LogP contribution < -0.4 is 5.32 Å². The van der Waals surface area contributed by atoms with Gasteiger partial charge in [0.15, 0.2) is 0 Å². The van der Waals surface area contributed by atoms with Crippen LogP contribution in [0.5, 0.6) is 0 Å². The Morgan fingerprint density at radius 3 is 3.06 bits per heavy atom. The second-order valence-electron chi connectivity index (χ2n) is 4.35. The number of anilines is 1. The van der Waals surface area contributed by atoms with Crippen LogP contribution >= 0.6 is 11.6 Å². The maximum atomic E-state index is 12.8. The Kier molecular flexibility index (Phi) is 4.55. The highest BCUT2D eigenvalue weighted by molar-refractivity contribution is 6.33. The molecule has 0 saturated carbocycles. The summed E-state index contributed by atoms with van der Waals surface area (Å²) >= 11 is 5.82. The Hall–Kier alpha value is -1.13. The molecule has 3 nitrogen and oxygen atoms in total. The molecule has 1 saturated heterocycles. The molecule has 18 heavy (non-hydrogen) atoms. The van der Waals surface area contributed by atoms with Crippen LogP contribution in [0.4, 0.5) is 10.1 Å². The molecule has 1 N–H and O–H groups in total. The zero-order valence-electron chi connectivity index (χ0n) is 9.92. The molecule has 0 spiro atoms. The summed E-state index contributed by atoms with van der Waals surface area (Å²) in [6.07, 6.45) is 3.38. The number of amides is 1. The first-order valence-corrected chi connectivity index (χ1v) is 6.39. The van der Waals surface area contributed by atoms with E-state index in [2.05, 4.69) is 5.32 Å². The van der Waals surface area contributed by atoms with E-state index in [-0.39, 0.29) is 17.0 Å². The molecule has 5 heteroatoms. The molecule has 1 aliphatic rings. The van der Waals surface area contributed by atoms with Gasteiger partial charge in [-0.3, -0.25) is 4.79 Å². The van der Waals surface area contributed by atoms with Gasteiger partial charge in [0.2, 0.25) is 5.91 Å². The minimum Gasteiger partial charge on any atom is -0.378 e. The van der Waals surface area contributed by atoms with Crippen molar-refractivity contribution >= 4 is 23.2 Å². The van der Waals surface area contributed by atoms with Crippen molar-refractivity contribution in [3.05, 3.63) is 29.0 Å². The SMILES string of the molecule is O=C(CCC1CCCO1)Nc1ccc(F)cc1Cl. The molecule has 1 heterocycles. The van der Waals surface area contributed by atoms with Crippen molar-refractivity contribution in [3.63, 3.8) is 0 Å². The fraction of sp³-hybridized carbons (Fsp3) is 0.462. The van der Waals surface area contributed by atoms with Crippen molar-refractivity contribution in [1.82, 2.24) is 0 Å². The molecule has 2 rings (SSSR count). The average Bonchev–Trinajstić information content (AvgIpc) is 2.83. The number of carbonyl (C=O) groups excluding carboxylic acids is 1. The predicted molar refractivity (Wildman–Crippen MR) is 68.2 cm³/mol. The third-order valence-corrected chi connectivity index (χ3v) is 3.24. The molecule has 98 valence electrons. The lowest BCUT2D eigenvalue weighted by atomic mass is 10.1. The Morgan fingerprint density at radius 1 is 1.56 bits per heavy atom. The highest BCUT2D eigenvalue weighted by atomic mass is 35.5. The van der Waals surface area contributed by atoms with Crippen LogP contribution in [-0.2, 0) is 9.53 Å². The van der Waals surface area contributed by atoms with E-state index in [0.29, 0.717) is 18.5 Å². The molecule has 0 aromatic heterocycles. The van der Waals surface area contributed by atoms with Gasteiger partial charge >= 0.3 is 0 Å². The van der Waals surface area contributed by atoms with Crippen LogP contribution in [-0.4, -0.2) is 18.6 Å². The Balaban J connectivity index is 1.82. The van der Waals surface area contributed by atoms with Gasteiger partial charge in [-0.25, -0.2) is 4.39 Å². The molecular weight excluding hydrogens is 257 g/mol. The molecule has 0 bridgehead atoms. The van der Waals surface area contributed by atoms with E-state index in [1.165, 1.54) is 18.2 Å². The summed E-state index contributed by atoms with van der Waals surface area (Å²) in [4.78, 5) is 11.7. The third-order valence-electron chi connectivity index (χ3n) is 2.92. The highest BCUT2D eigenvalue weighted by Gasteiger charge is 2.17. The van der Waals surface area contributed by atoms with Crippen molar-refractivity contribution in [1.29, 1.82) is 0 Å². The van der Waals surface area contributed by atoms with Gasteiger partial charge in [-0.05, 0) is 37.5 Å². The van der Waals surface area contributed by atoms with Crippen LogP contribution in [0.15, 0.2) is 18.2 Å². The summed E-state index contributed by atoms with van der Waals surface area (Å²) in [7, 11) is 0. The largest absolute Gasteiger partial charge is 0.378 e.